The molecule has 0 saturated heterocycles. The monoisotopic (exact) mass is 381 g/mol. The Morgan fingerprint density at radius 3 is 2.72 bits per heavy atom. The Morgan fingerprint density at radius 1 is 1.32 bits per heavy atom. The molecule has 7 heteroatoms. The number of aromatic nitrogens is 2. The van der Waals surface area contributed by atoms with Crippen molar-refractivity contribution in [1.82, 2.24) is 9.78 Å². The van der Waals surface area contributed by atoms with Crippen molar-refractivity contribution >= 4 is 28.9 Å². The Balaban J connectivity index is 1.81. The van der Waals surface area contributed by atoms with Crippen molar-refractivity contribution in [3.8, 4) is 5.69 Å². The van der Waals surface area contributed by atoms with E-state index >= 15 is 0 Å². The predicted octanol–water partition coefficient (Wildman–Crippen LogP) is 3.89. The molecule has 1 aromatic carbocycles. The Labute approximate surface area is 156 Å². The summed E-state index contributed by atoms with van der Waals surface area (Å²) in [6.45, 7) is 2.60. The molecule has 1 aromatic heterocycles. The van der Waals surface area contributed by atoms with E-state index in [2.05, 4.69) is 17.3 Å². The van der Waals surface area contributed by atoms with Gasteiger partial charge in [0, 0.05) is 17.0 Å². The highest BCUT2D eigenvalue weighted by atomic mass is 35.5. The molecule has 0 aliphatic heterocycles. The van der Waals surface area contributed by atoms with Crippen LogP contribution in [0.4, 0.5) is 5.69 Å². The number of anilines is 1. The van der Waals surface area contributed by atoms with Gasteiger partial charge in [0.2, 0.25) is 0 Å². The van der Waals surface area contributed by atoms with E-state index in [1.807, 2.05) is 0 Å². The van der Waals surface area contributed by atoms with E-state index in [9.17, 15) is 9.90 Å². The number of hydrogen-bond acceptors (Lipinski definition) is 4. The molecule has 1 aliphatic carbocycles. The second kappa shape index (κ2) is 7.36. The van der Waals surface area contributed by atoms with Crippen LogP contribution in [0.15, 0.2) is 35.3 Å². The minimum atomic E-state index is -0.400. The Morgan fingerprint density at radius 2 is 2.04 bits per heavy atom. The lowest BCUT2D eigenvalue weighted by Crippen LogP contribution is -2.41. The summed E-state index contributed by atoms with van der Waals surface area (Å²) >= 11 is 12.1. The van der Waals surface area contributed by atoms with E-state index in [0.717, 1.165) is 25.7 Å². The van der Waals surface area contributed by atoms with E-state index in [-0.39, 0.29) is 16.5 Å². The Kier molecular flexibility index (Phi) is 5.37. The number of aliphatic hydroxyl groups is 1. The van der Waals surface area contributed by atoms with Crippen LogP contribution in [0.1, 0.15) is 32.6 Å². The maximum atomic E-state index is 12.5. The number of hydrogen-bond donors (Lipinski definition) is 2. The molecule has 2 N–H and O–H groups in total. The molecule has 5 nitrogen and oxygen atoms in total. The molecular weight excluding hydrogens is 361 g/mol. The zero-order chi connectivity index (χ0) is 18.0. The smallest absolute Gasteiger partial charge is 0.292 e. The number of nitrogens with zero attached hydrogens (tertiary/aromatic N) is 2. The second-order valence-corrected chi connectivity index (χ2v) is 7.65. The molecule has 1 fully saturated rings. The van der Waals surface area contributed by atoms with Crippen LogP contribution in [0.5, 0.6) is 0 Å². The summed E-state index contributed by atoms with van der Waals surface area (Å²) in [4.78, 5) is 12.5. The van der Waals surface area contributed by atoms with Crippen molar-refractivity contribution in [2.75, 3.05) is 11.9 Å². The Bertz CT molecular complexity index is 807. The molecule has 1 heterocycles. The highest BCUT2D eigenvalue weighted by Gasteiger charge is 2.35. The standard InChI is InChI=1S/C18H21Cl2N3O2/c1-18(9-3-2-4-15(18)24)11-21-14-10-22-23(17(25)16(14)20)13-7-5-12(19)6-8-13/h5-8,10,15,21,24H,2-4,9,11H2,1H3. The zero-order valence-electron chi connectivity index (χ0n) is 14.0. The highest BCUT2D eigenvalue weighted by molar-refractivity contribution is 6.33. The fraction of sp³-hybridized carbons (Fsp3) is 0.444. The van der Waals surface area contributed by atoms with Crippen LogP contribution in [-0.2, 0) is 0 Å². The van der Waals surface area contributed by atoms with Gasteiger partial charge in [-0.25, -0.2) is 0 Å². The first-order valence-corrected chi connectivity index (χ1v) is 9.12. The summed E-state index contributed by atoms with van der Waals surface area (Å²) in [5.74, 6) is 0. The van der Waals surface area contributed by atoms with Gasteiger partial charge in [0.05, 0.1) is 23.7 Å². The average molecular weight is 382 g/mol. The maximum absolute atomic E-state index is 12.5. The van der Waals surface area contributed by atoms with Gasteiger partial charge < -0.3 is 10.4 Å². The number of rotatable bonds is 4. The lowest BCUT2D eigenvalue weighted by Gasteiger charge is -2.38. The molecule has 134 valence electrons. The first kappa shape index (κ1) is 18.2. The van der Waals surface area contributed by atoms with Gasteiger partial charge in [-0.05, 0) is 37.1 Å². The predicted molar refractivity (Wildman–Crippen MR) is 101 cm³/mol. The van der Waals surface area contributed by atoms with Crippen molar-refractivity contribution in [3.63, 3.8) is 0 Å². The largest absolute Gasteiger partial charge is 0.392 e. The molecule has 3 rings (SSSR count). The maximum Gasteiger partial charge on any atom is 0.292 e. The molecule has 0 bridgehead atoms. The number of benzene rings is 1. The third kappa shape index (κ3) is 3.84. The first-order valence-electron chi connectivity index (χ1n) is 8.36. The second-order valence-electron chi connectivity index (χ2n) is 6.83. The van der Waals surface area contributed by atoms with Crippen LogP contribution in [0.3, 0.4) is 0 Å². The number of aliphatic hydroxyl groups excluding tert-OH is 1. The minimum absolute atomic E-state index is 0.0823. The summed E-state index contributed by atoms with van der Waals surface area (Å²) in [5.41, 5.74) is 0.448. The molecule has 0 radical (unpaired) electrons. The van der Waals surface area contributed by atoms with Gasteiger partial charge in [0.1, 0.15) is 5.02 Å². The summed E-state index contributed by atoms with van der Waals surface area (Å²) in [6.07, 6.45) is 5.08. The number of nitrogens with one attached hydrogen (secondary N) is 1. The van der Waals surface area contributed by atoms with Gasteiger partial charge in [-0.15, -0.1) is 0 Å². The average Bonchev–Trinajstić information content (AvgIpc) is 2.60. The van der Waals surface area contributed by atoms with Crippen LogP contribution < -0.4 is 10.9 Å². The quantitative estimate of drug-likeness (QED) is 0.842. The topological polar surface area (TPSA) is 67.2 Å². The van der Waals surface area contributed by atoms with Gasteiger partial charge in [-0.2, -0.15) is 9.78 Å². The molecule has 1 aliphatic rings. The highest BCUT2D eigenvalue weighted by Crippen LogP contribution is 2.36. The Hall–Kier alpha value is -1.56. The number of halogens is 2. The molecule has 1 saturated carbocycles. The summed E-state index contributed by atoms with van der Waals surface area (Å²) in [5, 5.41) is 18.3. The summed E-state index contributed by atoms with van der Waals surface area (Å²) < 4.78 is 1.24. The molecule has 2 aromatic rings. The third-order valence-electron chi connectivity index (χ3n) is 4.95. The van der Waals surface area contributed by atoms with Crippen LogP contribution in [0, 0.1) is 5.41 Å². The van der Waals surface area contributed by atoms with Crippen molar-refractivity contribution in [3.05, 3.63) is 50.9 Å². The first-order chi connectivity index (χ1) is 11.9. The van der Waals surface area contributed by atoms with Crippen molar-refractivity contribution in [2.24, 2.45) is 5.41 Å². The van der Waals surface area contributed by atoms with E-state index in [1.165, 1.54) is 10.9 Å². The molecular formula is C18H21Cl2N3O2. The van der Waals surface area contributed by atoms with E-state index < -0.39 is 5.56 Å². The van der Waals surface area contributed by atoms with Crippen molar-refractivity contribution in [1.29, 1.82) is 0 Å². The molecule has 25 heavy (non-hydrogen) atoms. The SMILES string of the molecule is CC1(CNc2cnn(-c3ccc(Cl)cc3)c(=O)c2Cl)CCCCC1O. The molecule has 2 unspecified atom stereocenters. The molecule has 0 spiro atoms. The van der Waals surface area contributed by atoms with E-state index in [0.29, 0.717) is 22.9 Å². The lowest BCUT2D eigenvalue weighted by atomic mass is 9.73. The van der Waals surface area contributed by atoms with Crippen LogP contribution >= 0.6 is 23.2 Å². The molecule has 0 amide bonds. The van der Waals surface area contributed by atoms with Gasteiger partial charge in [0.15, 0.2) is 0 Å². The zero-order valence-corrected chi connectivity index (χ0v) is 15.5. The summed E-state index contributed by atoms with van der Waals surface area (Å²) in [6, 6.07) is 6.80. The summed E-state index contributed by atoms with van der Waals surface area (Å²) in [7, 11) is 0. The third-order valence-corrected chi connectivity index (χ3v) is 5.57. The van der Waals surface area contributed by atoms with Crippen molar-refractivity contribution in [2.45, 2.75) is 38.7 Å². The molecule has 2 atom stereocenters. The fourth-order valence-corrected chi connectivity index (χ4v) is 3.53. The van der Waals surface area contributed by atoms with Crippen LogP contribution in [-0.4, -0.2) is 27.5 Å². The fourth-order valence-electron chi connectivity index (χ4n) is 3.21. The van der Waals surface area contributed by atoms with Gasteiger partial charge in [-0.3, -0.25) is 4.79 Å². The lowest BCUT2D eigenvalue weighted by molar-refractivity contribution is 0.00962. The van der Waals surface area contributed by atoms with Gasteiger partial charge in [-0.1, -0.05) is 43.0 Å². The van der Waals surface area contributed by atoms with Crippen molar-refractivity contribution < 1.29 is 5.11 Å². The van der Waals surface area contributed by atoms with Crippen LogP contribution in [0.2, 0.25) is 10.0 Å². The van der Waals surface area contributed by atoms with Gasteiger partial charge >= 0.3 is 0 Å². The van der Waals surface area contributed by atoms with Gasteiger partial charge in [0.25, 0.3) is 5.56 Å². The van der Waals surface area contributed by atoms with E-state index in [1.54, 1.807) is 24.3 Å². The normalized spacial score (nSPS) is 23.4. The van der Waals surface area contributed by atoms with E-state index in [4.69, 9.17) is 23.2 Å². The minimum Gasteiger partial charge on any atom is -0.392 e. The van der Waals surface area contributed by atoms with Crippen LogP contribution in [0.25, 0.3) is 5.69 Å².